The third kappa shape index (κ3) is 4.77. The molecule has 0 aromatic rings. The van der Waals surface area contributed by atoms with Crippen LogP contribution in [0.2, 0.25) is 0 Å². The number of hydrogen-bond donors (Lipinski definition) is 2. The van der Waals surface area contributed by atoms with Gasteiger partial charge in [-0.2, -0.15) is 0 Å². The van der Waals surface area contributed by atoms with Crippen molar-refractivity contribution in [3.63, 3.8) is 0 Å². The van der Waals surface area contributed by atoms with Gasteiger partial charge in [-0.25, -0.2) is 0 Å². The lowest BCUT2D eigenvalue weighted by Gasteiger charge is -2.25. The van der Waals surface area contributed by atoms with Gasteiger partial charge in [0.2, 0.25) is 0 Å². The first kappa shape index (κ1) is 11.7. The van der Waals surface area contributed by atoms with Gasteiger partial charge in [-0.3, -0.25) is 0 Å². The van der Waals surface area contributed by atoms with E-state index in [9.17, 15) is 5.11 Å². The summed E-state index contributed by atoms with van der Waals surface area (Å²) in [6.07, 6.45) is 6.55. The van der Waals surface area contributed by atoms with E-state index in [2.05, 4.69) is 25.2 Å². The van der Waals surface area contributed by atoms with Crippen LogP contribution in [0.5, 0.6) is 0 Å². The molecule has 1 aliphatic rings. The van der Waals surface area contributed by atoms with E-state index in [0.29, 0.717) is 0 Å². The summed E-state index contributed by atoms with van der Waals surface area (Å²) in [5, 5.41) is 12.8. The van der Waals surface area contributed by atoms with Gasteiger partial charge < -0.3 is 10.4 Å². The Morgan fingerprint density at radius 3 is 2.50 bits per heavy atom. The molecule has 1 rings (SSSR count). The summed E-state index contributed by atoms with van der Waals surface area (Å²) < 4.78 is 0. The lowest BCUT2D eigenvalue weighted by molar-refractivity contribution is 0.108. The molecule has 0 heterocycles. The van der Waals surface area contributed by atoms with Crippen molar-refractivity contribution in [3.8, 4) is 0 Å². The van der Waals surface area contributed by atoms with Crippen LogP contribution in [0.25, 0.3) is 0 Å². The van der Waals surface area contributed by atoms with Gasteiger partial charge in [0.1, 0.15) is 0 Å². The second-order valence-electron chi connectivity index (χ2n) is 4.61. The highest BCUT2D eigenvalue weighted by atomic mass is 16.3. The van der Waals surface area contributed by atoms with Crippen molar-refractivity contribution in [2.24, 2.45) is 5.92 Å². The Morgan fingerprint density at radius 1 is 1.29 bits per heavy atom. The number of aliphatic hydroxyl groups is 1. The molecule has 0 spiro atoms. The first-order chi connectivity index (χ1) is 6.68. The average Bonchev–Trinajstić information content (AvgIpc) is 2.15. The number of allylic oxidation sites excluding steroid dienone is 1. The van der Waals surface area contributed by atoms with Crippen LogP contribution in [0, 0.1) is 5.92 Å². The molecule has 1 aliphatic carbocycles. The first-order valence-electron chi connectivity index (χ1n) is 5.70. The smallest absolute Gasteiger partial charge is 0.0540 e. The van der Waals surface area contributed by atoms with E-state index in [-0.39, 0.29) is 6.10 Å². The third-order valence-corrected chi connectivity index (χ3v) is 2.90. The molecule has 0 amide bonds. The fraction of sp³-hybridized carbons (Fsp3) is 0.833. The largest absolute Gasteiger partial charge is 0.393 e. The van der Waals surface area contributed by atoms with Gasteiger partial charge in [-0.05, 0) is 52.0 Å². The maximum atomic E-state index is 9.34. The predicted molar refractivity (Wildman–Crippen MR) is 60.3 cm³/mol. The minimum atomic E-state index is -0.0240. The van der Waals surface area contributed by atoms with E-state index in [4.69, 9.17) is 0 Å². The van der Waals surface area contributed by atoms with Crippen LogP contribution in [0.4, 0.5) is 0 Å². The summed E-state index contributed by atoms with van der Waals surface area (Å²) in [6.45, 7) is 6.34. The molecule has 14 heavy (non-hydrogen) atoms. The Morgan fingerprint density at radius 2 is 1.93 bits per heavy atom. The average molecular weight is 197 g/mol. The fourth-order valence-electron chi connectivity index (χ4n) is 1.91. The Hall–Kier alpha value is -0.340. The van der Waals surface area contributed by atoms with Crippen LogP contribution in [0.3, 0.4) is 0 Å². The Bertz CT molecular complexity index is 177. The van der Waals surface area contributed by atoms with Crippen LogP contribution in [-0.2, 0) is 0 Å². The van der Waals surface area contributed by atoms with Crippen molar-refractivity contribution < 1.29 is 5.11 Å². The number of aliphatic hydroxyl groups excluding tert-OH is 1. The van der Waals surface area contributed by atoms with Gasteiger partial charge in [-0.1, -0.05) is 11.6 Å². The second kappa shape index (κ2) is 6.20. The molecule has 2 N–H and O–H groups in total. The molecule has 0 aliphatic heterocycles. The zero-order valence-electron chi connectivity index (χ0n) is 9.42. The minimum Gasteiger partial charge on any atom is -0.393 e. The quantitative estimate of drug-likeness (QED) is 0.534. The van der Waals surface area contributed by atoms with E-state index in [0.717, 1.165) is 31.8 Å². The van der Waals surface area contributed by atoms with Crippen molar-refractivity contribution in [1.82, 2.24) is 5.32 Å². The van der Waals surface area contributed by atoms with Gasteiger partial charge in [0.25, 0.3) is 0 Å². The summed E-state index contributed by atoms with van der Waals surface area (Å²) in [5.41, 5.74) is 1.37. The summed E-state index contributed by atoms with van der Waals surface area (Å²) in [4.78, 5) is 0. The molecular weight excluding hydrogens is 174 g/mol. The van der Waals surface area contributed by atoms with E-state index in [1.54, 1.807) is 0 Å². The van der Waals surface area contributed by atoms with E-state index >= 15 is 0 Å². The topological polar surface area (TPSA) is 32.3 Å². The van der Waals surface area contributed by atoms with Crippen LogP contribution in [-0.4, -0.2) is 24.3 Å². The zero-order valence-corrected chi connectivity index (χ0v) is 9.42. The molecule has 0 bridgehead atoms. The molecule has 0 radical (unpaired) electrons. The molecule has 0 saturated heterocycles. The Labute approximate surface area is 87.4 Å². The van der Waals surface area contributed by atoms with Crippen molar-refractivity contribution in [2.75, 3.05) is 13.1 Å². The van der Waals surface area contributed by atoms with Crippen molar-refractivity contribution in [2.45, 2.75) is 45.6 Å². The van der Waals surface area contributed by atoms with Gasteiger partial charge in [-0.15, -0.1) is 0 Å². The predicted octanol–water partition coefficient (Wildman–Crippen LogP) is 2.09. The third-order valence-electron chi connectivity index (χ3n) is 2.90. The van der Waals surface area contributed by atoms with Crippen LogP contribution in [0.1, 0.15) is 39.5 Å². The number of hydrogen-bond acceptors (Lipinski definition) is 2. The zero-order chi connectivity index (χ0) is 10.4. The van der Waals surface area contributed by atoms with Gasteiger partial charge >= 0.3 is 0 Å². The second-order valence-corrected chi connectivity index (χ2v) is 4.61. The SMILES string of the molecule is CC(C)=CCNCC1CCC(O)CC1. The molecule has 1 saturated carbocycles. The van der Waals surface area contributed by atoms with Crippen molar-refractivity contribution in [1.29, 1.82) is 0 Å². The van der Waals surface area contributed by atoms with Crippen molar-refractivity contribution in [3.05, 3.63) is 11.6 Å². The molecule has 2 heteroatoms. The first-order valence-corrected chi connectivity index (χ1v) is 5.70. The van der Waals surface area contributed by atoms with Gasteiger partial charge in [0.05, 0.1) is 6.10 Å². The van der Waals surface area contributed by atoms with E-state index in [1.165, 1.54) is 18.4 Å². The van der Waals surface area contributed by atoms with E-state index in [1.807, 2.05) is 0 Å². The molecule has 0 aromatic heterocycles. The number of rotatable bonds is 4. The van der Waals surface area contributed by atoms with Crippen molar-refractivity contribution >= 4 is 0 Å². The molecule has 2 nitrogen and oxygen atoms in total. The highest BCUT2D eigenvalue weighted by Gasteiger charge is 2.18. The van der Waals surface area contributed by atoms with Crippen LogP contribution < -0.4 is 5.32 Å². The fourth-order valence-corrected chi connectivity index (χ4v) is 1.91. The summed E-state index contributed by atoms with van der Waals surface area (Å²) in [6, 6.07) is 0. The highest BCUT2D eigenvalue weighted by Crippen LogP contribution is 2.23. The summed E-state index contributed by atoms with van der Waals surface area (Å²) in [5.74, 6) is 0.781. The maximum absolute atomic E-state index is 9.34. The standard InChI is InChI=1S/C12H23NO/c1-10(2)7-8-13-9-11-3-5-12(14)6-4-11/h7,11-14H,3-6,8-9H2,1-2H3. The maximum Gasteiger partial charge on any atom is 0.0540 e. The molecule has 0 aromatic carbocycles. The van der Waals surface area contributed by atoms with Gasteiger partial charge in [0, 0.05) is 6.54 Å². The van der Waals surface area contributed by atoms with Crippen LogP contribution >= 0.6 is 0 Å². The normalized spacial score (nSPS) is 27.4. The lowest BCUT2D eigenvalue weighted by atomic mass is 9.87. The molecule has 1 fully saturated rings. The van der Waals surface area contributed by atoms with Crippen LogP contribution in [0.15, 0.2) is 11.6 Å². The molecule has 0 unspecified atom stereocenters. The van der Waals surface area contributed by atoms with Gasteiger partial charge in [0.15, 0.2) is 0 Å². The highest BCUT2D eigenvalue weighted by molar-refractivity contribution is 4.94. The molecule has 0 atom stereocenters. The monoisotopic (exact) mass is 197 g/mol. The summed E-state index contributed by atoms with van der Waals surface area (Å²) in [7, 11) is 0. The Balaban J connectivity index is 2.05. The minimum absolute atomic E-state index is 0.0240. The van der Waals surface area contributed by atoms with E-state index < -0.39 is 0 Å². The lowest BCUT2D eigenvalue weighted by Crippen LogP contribution is -2.28. The molecule has 82 valence electrons. The Kier molecular flexibility index (Phi) is 5.20. The number of nitrogens with one attached hydrogen (secondary N) is 1. The molecular formula is C12H23NO. The summed E-state index contributed by atoms with van der Waals surface area (Å²) >= 11 is 0.